The van der Waals surface area contributed by atoms with Gasteiger partial charge >= 0.3 is 6.09 Å². The van der Waals surface area contributed by atoms with E-state index in [1.165, 1.54) is 0 Å². The molecule has 1 amide bonds. The number of H-pyrrole nitrogens is 1. The molecule has 8 heteroatoms. The van der Waals surface area contributed by atoms with Gasteiger partial charge in [-0.2, -0.15) is 0 Å². The van der Waals surface area contributed by atoms with Crippen molar-refractivity contribution in [2.45, 2.75) is 52.7 Å². The summed E-state index contributed by atoms with van der Waals surface area (Å²) in [4.78, 5) is 34.3. The zero-order valence-electron chi connectivity index (χ0n) is 23.0. The fourth-order valence-corrected chi connectivity index (χ4v) is 4.38. The largest absolute Gasteiger partial charge is 0.444 e. The molecule has 0 saturated heterocycles. The van der Waals surface area contributed by atoms with Gasteiger partial charge in [-0.15, -0.1) is 0 Å². The number of aromatic nitrogens is 5. The molecule has 0 bridgehead atoms. The normalized spacial score (nSPS) is 11.9. The van der Waals surface area contributed by atoms with Gasteiger partial charge in [0.15, 0.2) is 5.82 Å². The van der Waals surface area contributed by atoms with E-state index < -0.39 is 17.2 Å². The number of amides is 1. The van der Waals surface area contributed by atoms with Crippen molar-refractivity contribution in [2.24, 2.45) is 0 Å². The van der Waals surface area contributed by atoms with Crippen molar-refractivity contribution in [3.05, 3.63) is 84.4 Å². The smallest absolute Gasteiger partial charge is 0.408 e. The van der Waals surface area contributed by atoms with Crippen molar-refractivity contribution in [1.29, 1.82) is 0 Å². The molecular weight excluding hydrogens is 488 g/mol. The molecule has 5 rings (SSSR count). The molecule has 0 aliphatic carbocycles. The second kappa shape index (κ2) is 9.94. The first-order chi connectivity index (χ1) is 18.5. The zero-order valence-corrected chi connectivity index (χ0v) is 23.0. The molecule has 0 fully saturated rings. The lowest BCUT2D eigenvalue weighted by Crippen LogP contribution is -2.43. The van der Waals surface area contributed by atoms with Crippen LogP contribution in [-0.2, 0) is 10.3 Å². The number of aromatic amines is 1. The highest BCUT2D eigenvalue weighted by atomic mass is 16.6. The Morgan fingerprint density at radius 2 is 1.62 bits per heavy atom. The number of benzene rings is 1. The summed E-state index contributed by atoms with van der Waals surface area (Å²) in [7, 11) is 0. The van der Waals surface area contributed by atoms with E-state index in [1.54, 1.807) is 0 Å². The van der Waals surface area contributed by atoms with Crippen LogP contribution in [0.5, 0.6) is 0 Å². The third kappa shape index (κ3) is 5.80. The SMILES string of the molecule is Cc1cccc(-c2nc(-c3cncc(-c4ccc(C(C)(C)NC(=O)OC(C)(C)C)cc4)c3)c3cc[nH]c3n2)n1. The number of rotatable bonds is 5. The first-order valence-corrected chi connectivity index (χ1v) is 12.9. The summed E-state index contributed by atoms with van der Waals surface area (Å²) in [6.45, 7) is 11.4. The molecule has 4 heterocycles. The average Bonchev–Trinajstić information content (AvgIpc) is 3.36. The van der Waals surface area contributed by atoms with Crippen LogP contribution in [0.4, 0.5) is 4.79 Å². The maximum Gasteiger partial charge on any atom is 0.408 e. The van der Waals surface area contributed by atoms with Crippen LogP contribution in [0.3, 0.4) is 0 Å². The molecule has 0 aliphatic rings. The van der Waals surface area contributed by atoms with Gasteiger partial charge in [-0.25, -0.2) is 19.7 Å². The molecule has 39 heavy (non-hydrogen) atoms. The van der Waals surface area contributed by atoms with Gasteiger partial charge in [0.1, 0.15) is 16.9 Å². The van der Waals surface area contributed by atoms with E-state index >= 15 is 0 Å². The van der Waals surface area contributed by atoms with Crippen LogP contribution in [0.25, 0.3) is 44.9 Å². The van der Waals surface area contributed by atoms with Gasteiger partial charge in [-0.3, -0.25) is 4.98 Å². The molecule has 5 aromatic rings. The number of aryl methyl sites for hydroxylation is 1. The lowest BCUT2D eigenvalue weighted by Gasteiger charge is -2.29. The minimum absolute atomic E-state index is 0.449. The summed E-state index contributed by atoms with van der Waals surface area (Å²) < 4.78 is 5.44. The highest BCUT2D eigenvalue weighted by Gasteiger charge is 2.26. The van der Waals surface area contributed by atoms with Crippen LogP contribution in [0.2, 0.25) is 0 Å². The van der Waals surface area contributed by atoms with Crippen LogP contribution in [0, 0.1) is 6.92 Å². The predicted octanol–water partition coefficient (Wildman–Crippen LogP) is 6.82. The van der Waals surface area contributed by atoms with Crippen molar-refractivity contribution in [3.8, 4) is 33.9 Å². The van der Waals surface area contributed by atoms with Crippen molar-refractivity contribution < 1.29 is 9.53 Å². The molecule has 1 aromatic carbocycles. The van der Waals surface area contributed by atoms with Crippen molar-refractivity contribution >= 4 is 17.1 Å². The first-order valence-electron chi connectivity index (χ1n) is 12.9. The Bertz CT molecular complexity index is 1650. The second-order valence-electron chi connectivity index (χ2n) is 11.1. The monoisotopic (exact) mass is 520 g/mol. The van der Waals surface area contributed by atoms with E-state index in [9.17, 15) is 4.79 Å². The van der Waals surface area contributed by atoms with Gasteiger partial charge in [0.2, 0.25) is 0 Å². The Hall–Kier alpha value is -4.59. The maximum absolute atomic E-state index is 12.4. The Morgan fingerprint density at radius 1 is 0.872 bits per heavy atom. The van der Waals surface area contributed by atoms with E-state index in [-0.39, 0.29) is 0 Å². The molecule has 8 nitrogen and oxygen atoms in total. The van der Waals surface area contributed by atoms with Gasteiger partial charge in [-0.05, 0) is 76.9 Å². The van der Waals surface area contributed by atoms with Gasteiger partial charge < -0.3 is 15.0 Å². The number of hydrogen-bond donors (Lipinski definition) is 2. The molecule has 0 unspecified atom stereocenters. The lowest BCUT2D eigenvalue weighted by molar-refractivity contribution is 0.0470. The summed E-state index contributed by atoms with van der Waals surface area (Å²) in [5, 5.41) is 3.87. The van der Waals surface area contributed by atoms with E-state index in [2.05, 4.69) is 26.3 Å². The second-order valence-corrected chi connectivity index (χ2v) is 11.1. The minimum atomic E-state index is -0.609. The van der Waals surface area contributed by atoms with Crippen molar-refractivity contribution in [1.82, 2.24) is 30.2 Å². The van der Waals surface area contributed by atoms with Crippen LogP contribution < -0.4 is 5.32 Å². The van der Waals surface area contributed by atoms with E-state index in [0.717, 1.165) is 50.4 Å². The Balaban J connectivity index is 1.46. The molecular formula is C31H32N6O2. The quantitative estimate of drug-likeness (QED) is 0.263. The highest BCUT2D eigenvalue weighted by Crippen LogP contribution is 2.31. The summed E-state index contributed by atoms with van der Waals surface area (Å²) in [6, 6.07) is 17.9. The molecule has 0 spiro atoms. The van der Waals surface area contributed by atoms with E-state index in [1.807, 2.05) is 109 Å². The molecule has 0 radical (unpaired) electrons. The summed E-state index contributed by atoms with van der Waals surface area (Å²) >= 11 is 0. The molecule has 0 saturated carbocycles. The summed E-state index contributed by atoms with van der Waals surface area (Å²) in [6.07, 6.45) is 5.06. The molecule has 4 aromatic heterocycles. The number of ether oxygens (including phenoxy) is 1. The average molecular weight is 521 g/mol. The molecule has 198 valence electrons. The van der Waals surface area contributed by atoms with Crippen molar-refractivity contribution in [3.63, 3.8) is 0 Å². The third-order valence-corrected chi connectivity index (χ3v) is 6.30. The molecule has 0 atom stereocenters. The third-order valence-electron chi connectivity index (χ3n) is 6.30. The standard InChI is InChI=1S/C31H32N6O2/c1-19-8-7-9-25(34-19)28-35-26(24-14-15-33-27(24)36-28)22-16-21(17-32-18-22)20-10-12-23(13-11-20)31(5,6)37-29(38)39-30(2,3)4/h7-18H,1-6H3,(H,37,38)(H,33,35,36). The lowest BCUT2D eigenvalue weighted by atomic mass is 9.92. The number of carbonyl (C=O) groups is 1. The topological polar surface area (TPSA) is 106 Å². The number of carbonyl (C=O) groups excluding carboxylic acids is 1. The predicted molar refractivity (Wildman–Crippen MR) is 153 cm³/mol. The Labute approximate surface area is 227 Å². The summed E-state index contributed by atoms with van der Waals surface area (Å²) in [5.74, 6) is 0.554. The number of alkyl carbamates (subject to hydrolysis) is 1. The van der Waals surface area contributed by atoms with E-state index in [0.29, 0.717) is 5.82 Å². The Kier molecular flexibility index (Phi) is 6.64. The molecule has 0 aliphatic heterocycles. The zero-order chi connectivity index (χ0) is 27.8. The van der Waals surface area contributed by atoms with Crippen molar-refractivity contribution in [2.75, 3.05) is 0 Å². The first kappa shape index (κ1) is 26.0. The number of fused-ring (bicyclic) bond motifs is 1. The van der Waals surface area contributed by atoms with Crippen LogP contribution >= 0.6 is 0 Å². The fourth-order valence-electron chi connectivity index (χ4n) is 4.38. The highest BCUT2D eigenvalue weighted by molar-refractivity contribution is 5.92. The van der Waals surface area contributed by atoms with Gasteiger partial charge in [0.05, 0.1) is 11.2 Å². The van der Waals surface area contributed by atoms with Gasteiger partial charge in [0, 0.05) is 40.8 Å². The van der Waals surface area contributed by atoms with Crippen LogP contribution in [0.15, 0.2) is 73.2 Å². The Morgan fingerprint density at radius 3 is 2.33 bits per heavy atom. The van der Waals surface area contributed by atoms with E-state index in [4.69, 9.17) is 14.7 Å². The van der Waals surface area contributed by atoms with Crippen LogP contribution in [-0.4, -0.2) is 36.6 Å². The maximum atomic E-state index is 12.4. The molecule has 2 N–H and O–H groups in total. The number of nitrogens with one attached hydrogen (secondary N) is 2. The van der Waals surface area contributed by atoms with Gasteiger partial charge in [-0.1, -0.05) is 30.3 Å². The van der Waals surface area contributed by atoms with Crippen LogP contribution in [0.1, 0.15) is 45.9 Å². The number of nitrogens with zero attached hydrogens (tertiary/aromatic N) is 4. The fraction of sp³-hybridized carbons (Fsp3) is 0.258. The number of pyridine rings is 2. The summed E-state index contributed by atoms with van der Waals surface area (Å²) in [5.41, 5.74) is 5.77. The minimum Gasteiger partial charge on any atom is -0.444 e. The number of hydrogen-bond acceptors (Lipinski definition) is 6. The van der Waals surface area contributed by atoms with Gasteiger partial charge in [0.25, 0.3) is 0 Å².